The third-order valence-corrected chi connectivity index (χ3v) is 2.29. The zero-order valence-electron chi connectivity index (χ0n) is 9.03. The van der Waals surface area contributed by atoms with Gasteiger partial charge >= 0.3 is 0 Å². The van der Waals surface area contributed by atoms with Crippen LogP contribution in [0.2, 0.25) is 0 Å². The molecule has 0 spiro atoms. The molecule has 3 aromatic rings. The Balaban J connectivity index is 2.03. The summed E-state index contributed by atoms with van der Waals surface area (Å²) >= 11 is 0. The number of hydrogen-bond acceptors (Lipinski definition) is 6. The van der Waals surface area contributed by atoms with Crippen LogP contribution in [0.3, 0.4) is 0 Å². The normalized spacial score (nSPS) is 10.7. The molecule has 0 aliphatic carbocycles. The highest BCUT2D eigenvalue weighted by Crippen LogP contribution is 2.28. The fourth-order valence-corrected chi connectivity index (χ4v) is 1.54. The standard InChI is InChI=1S/C11H8N4O3/c16-7-3-6(4-8(17)5-7)11-14-10(15-18-11)9-12-1-2-13-9/h1-5,16-17H,(H,12,13). The Morgan fingerprint density at radius 1 is 1.11 bits per heavy atom. The Kier molecular flexibility index (Phi) is 2.23. The molecule has 0 saturated carbocycles. The molecular weight excluding hydrogens is 236 g/mol. The molecule has 0 radical (unpaired) electrons. The largest absolute Gasteiger partial charge is 0.508 e. The van der Waals surface area contributed by atoms with Crippen LogP contribution in [0.1, 0.15) is 0 Å². The molecule has 7 heteroatoms. The first-order valence-electron chi connectivity index (χ1n) is 5.09. The van der Waals surface area contributed by atoms with Crippen LogP contribution in [-0.4, -0.2) is 30.3 Å². The molecule has 3 rings (SSSR count). The molecule has 0 aliphatic heterocycles. The van der Waals surface area contributed by atoms with Crippen LogP contribution in [0, 0.1) is 0 Å². The molecule has 1 aromatic carbocycles. The van der Waals surface area contributed by atoms with E-state index in [-0.39, 0.29) is 17.4 Å². The number of phenolic OH excluding ortho intramolecular Hbond substituents is 2. The molecule has 18 heavy (non-hydrogen) atoms. The maximum absolute atomic E-state index is 9.38. The monoisotopic (exact) mass is 244 g/mol. The second kappa shape index (κ2) is 3.88. The lowest BCUT2D eigenvalue weighted by atomic mass is 10.2. The summed E-state index contributed by atoms with van der Waals surface area (Å²) in [5, 5.41) is 22.5. The van der Waals surface area contributed by atoms with E-state index in [4.69, 9.17) is 4.52 Å². The van der Waals surface area contributed by atoms with Crippen molar-refractivity contribution in [3.8, 4) is 34.6 Å². The zero-order valence-corrected chi connectivity index (χ0v) is 9.03. The maximum Gasteiger partial charge on any atom is 0.258 e. The molecule has 3 N–H and O–H groups in total. The first kappa shape index (κ1) is 10.3. The van der Waals surface area contributed by atoms with Gasteiger partial charge in [0.1, 0.15) is 11.5 Å². The number of rotatable bonds is 2. The third kappa shape index (κ3) is 1.77. The number of nitrogens with one attached hydrogen (secondary N) is 1. The van der Waals surface area contributed by atoms with E-state index < -0.39 is 0 Å². The smallest absolute Gasteiger partial charge is 0.258 e. The highest BCUT2D eigenvalue weighted by Gasteiger charge is 2.13. The SMILES string of the molecule is Oc1cc(O)cc(-c2nc(-c3ncc[nH]3)no2)c1. The van der Waals surface area contributed by atoms with Gasteiger partial charge in [0, 0.05) is 24.0 Å². The van der Waals surface area contributed by atoms with Crippen molar-refractivity contribution >= 4 is 0 Å². The molecule has 0 aliphatic rings. The minimum absolute atomic E-state index is 0.0808. The summed E-state index contributed by atoms with van der Waals surface area (Å²) in [6.07, 6.45) is 3.22. The molecule has 0 saturated heterocycles. The van der Waals surface area contributed by atoms with Crippen molar-refractivity contribution in [3.63, 3.8) is 0 Å². The van der Waals surface area contributed by atoms with Gasteiger partial charge in [-0.05, 0) is 12.1 Å². The van der Waals surface area contributed by atoms with E-state index in [2.05, 4.69) is 20.1 Å². The Labute approximate surface area is 101 Å². The van der Waals surface area contributed by atoms with Gasteiger partial charge in [0.05, 0.1) is 0 Å². The Hall–Kier alpha value is -2.83. The quantitative estimate of drug-likeness (QED) is 0.631. The highest BCUT2D eigenvalue weighted by molar-refractivity contribution is 5.60. The molecule has 7 nitrogen and oxygen atoms in total. The van der Waals surface area contributed by atoms with Crippen molar-refractivity contribution < 1.29 is 14.7 Å². The van der Waals surface area contributed by atoms with Gasteiger partial charge in [0.15, 0.2) is 5.82 Å². The van der Waals surface area contributed by atoms with Gasteiger partial charge in [-0.3, -0.25) is 0 Å². The minimum atomic E-state index is -0.0808. The summed E-state index contributed by atoms with van der Waals surface area (Å²) in [5.74, 6) is 0.810. The van der Waals surface area contributed by atoms with Crippen LogP contribution < -0.4 is 0 Å². The van der Waals surface area contributed by atoms with E-state index in [0.29, 0.717) is 17.2 Å². The van der Waals surface area contributed by atoms with Crippen molar-refractivity contribution in [1.29, 1.82) is 0 Å². The lowest BCUT2D eigenvalue weighted by Gasteiger charge is -1.97. The Bertz CT molecular complexity index is 655. The molecule has 2 aromatic heterocycles. The number of aromatic amines is 1. The predicted molar refractivity (Wildman–Crippen MR) is 60.6 cm³/mol. The van der Waals surface area contributed by atoms with Crippen molar-refractivity contribution in [2.75, 3.05) is 0 Å². The lowest BCUT2D eigenvalue weighted by molar-refractivity contribution is 0.428. The van der Waals surface area contributed by atoms with Gasteiger partial charge < -0.3 is 19.7 Å². The van der Waals surface area contributed by atoms with Crippen molar-refractivity contribution in [2.45, 2.75) is 0 Å². The summed E-state index contributed by atoms with van der Waals surface area (Å²) in [5.41, 5.74) is 0.429. The summed E-state index contributed by atoms with van der Waals surface area (Å²) in [7, 11) is 0. The predicted octanol–water partition coefficient (Wildman–Crippen LogP) is 1.54. The van der Waals surface area contributed by atoms with E-state index in [1.54, 1.807) is 12.4 Å². The third-order valence-electron chi connectivity index (χ3n) is 2.29. The van der Waals surface area contributed by atoms with Gasteiger partial charge in [0.2, 0.25) is 5.82 Å². The minimum Gasteiger partial charge on any atom is -0.508 e. The van der Waals surface area contributed by atoms with Gasteiger partial charge in [-0.25, -0.2) is 4.98 Å². The van der Waals surface area contributed by atoms with Gasteiger partial charge in [-0.1, -0.05) is 5.16 Å². The molecule has 0 fully saturated rings. The lowest BCUT2D eigenvalue weighted by Crippen LogP contribution is -1.83. The van der Waals surface area contributed by atoms with E-state index in [1.165, 1.54) is 18.2 Å². The summed E-state index contributed by atoms with van der Waals surface area (Å²) in [4.78, 5) is 10.9. The van der Waals surface area contributed by atoms with Crippen LogP contribution in [0.15, 0.2) is 35.1 Å². The summed E-state index contributed by atoms with van der Waals surface area (Å²) < 4.78 is 5.04. The van der Waals surface area contributed by atoms with Crippen LogP contribution in [0.25, 0.3) is 23.1 Å². The van der Waals surface area contributed by atoms with Crippen LogP contribution in [0.5, 0.6) is 11.5 Å². The van der Waals surface area contributed by atoms with Gasteiger partial charge in [0.25, 0.3) is 5.89 Å². The number of aromatic hydroxyl groups is 2. The second-order valence-corrected chi connectivity index (χ2v) is 3.60. The van der Waals surface area contributed by atoms with E-state index in [9.17, 15) is 10.2 Å². The second-order valence-electron chi connectivity index (χ2n) is 3.60. The average molecular weight is 244 g/mol. The number of aromatic nitrogens is 4. The van der Waals surface area contributed by atoms with Crippen LogP contribution in [0.4, 0.5) is 0 Å². The fourth-order valence-electron chi connectivity index (χ4n) is 1.54. The first-order valence-corrected chi connectivity index (χ1v) is 5.09. The van der Waals surface area contributed by atoms with Gasteiger partial charge in [-0.2, -0.15) is 4.98 Å². The van der Waals surface area contributed by atoms with Crippen LogP contribution in [-0.2, 0) is 0 Å². The molecular formula is C11H8N4O3. The van der Waals surface area contributed by atoms with E-state index in [0.717, 1.165) is 0 Å². The molecule has 90 valence electrons. The molecule has 2 heterocycles. The Morgan fingerprint density at radius 2 is 1.89 bits per heavy atom. The fraction of sp³-hybridized carbons (Fsp3) is 0. The average Bonchev–Trinajstić information content (AvgIpc) is 2.99. The molecule has 0 atom stereocenters. The number of hydrogen-bond donors (Lipinski definition) is 3. The summed E-state index contributed by atoms with van der Waals surface area (Å²) in [6.45, 7) is 0. The summed E-state index contributed by atoms with van der Waals surface area (Å²) in [6, 6.07) is 4.05. The molecule has 0 amide bonds. The number of benzene rings is 1. The number of nitrogens with zero attached hydrogens (tertiary/aromatic N) is 3. The topological polar surface area (TPSA) is 108 Å². The van der Waals surface area contributed by atoms with Crippen molar-refractivity contribution in [1.82, 2.24) is 20.1 Å². The first-order chi connectivity index (χ1) is 8.72. The van der Waals surface area contributed by atoms with Crippen molar-refractivity contribution in [2.24, 2.45) is 0 Å². The van der Waals surface area contributed by atoms with Crippen LogP contribution >= 0.6 is 0 Å². The maximum atomic E-state index is 9.38. The number of H-pyrrole nitrogens is 1. The zero-order chi connectivity index (χ0) is 12.5. The number of phenols is 2. The van der Waals surface area contributed by atoms with Crippen molar-refractivity contribution in [3.05, 3.63) is 30.6 Å². The Morgan fingerprint density at radius 3 is 2.56 bits per heavy atom. The van der Waals surface area contributed by atoms with Gasteiger partial charge in [-0.15, -0.1) is 0 Å². The van der Waals surface area contributed by atoms with E-state index >= 15 is 0 Å². The van der Waals surface area contributed by atoms with E-state index in [1.807, 2.05) is 0 Å². The number of imidazole rings is 1. The molecule has 0 unspecified atom stereocenters. The molecule has 0 bridgehead atoms. The highest BCUT2D eigenvalue weighted by atomic mass is 16.5.